The minimum absolute atomic E-state index is 0.121. The molecule has 0 aliphatic carbocycles. The molecule has 2 heterocycles. The molecule has 0 amide bonds. The van der Waals surface area contributed by atoms with E-state index in [2.05, 4.69) is 18.8 Å². The highest BCUT2D eigenvalue weighted by Crippen LogP contribution is 2.40. The van der Waals surface area contributed by atoms with Crippen molar-refractivity contribution in [3.63, 3.8) is 0 Å². The van der Waals surface area contributed by atoms with Crippen molar-refractivity contribution in [2.75, 3.05) is 6.61 Å². The fraction of sp³-hybridized carbons (Fsp3) is 0.368. The molecule has 0 spiro atoms. The zero-order valence-corrected chi connectivity index (χ0v) is 16.4. The van der Waals surface area contributed by atoms with E-state index in [1.807, 2.05) is 0 Å². The number of pyridine rings is 2. The molecule has 0 aliphatic rings. The summed E-state index contributed by atoms with van der Waals surface area (Å²) < 4.78 is 7.33. The highest BCUT2D eigenvalue weighted by Gasteiger charge is 2.19. The maximum Gasteiger partial charge on any atom is 0.260 e. The van der Waals surface area contributed by atoms with E-state index in [0.29, 0.717) is 39.2 Å². The summed E-state index contributed by atoms with van der Waals surface area (Å²) in [6, 6.07) is 3.43. The third-order valence-corrected chi connectivity index (χ3v) is 4.98. The van der Waals surface area contributed by atoms with Gasteiger partial charge in [-0.05, 0) is 29.9 Å². The van der Waals surface area contributed by atoms with Gasteiger partial charge < -0.3 is 15.0 Å². The third-order valence-electron chi connectivity index (χ3n) is 4.35. The first-order chi connectivity index (χ1) is 12.3. The molecule has 0 bridgehead atoms. The smallest absolute Gasteiger partial charge is 0.260 e. The number of hydrogen-bond donors (Lipinski definition) is 1. The van der Waals surface area contributed by atoms with Crippen LogP contribution in [-0.4, -0.2) is 22.2 Å². The maximum atomic E-state index is 12.6. The monoisotopic (exact) mass is 393 g/mol. The molecular formula is C19H21Cl2N3O2. The van der Waals surface area contributed by atoms with Crippen LogP contribution in [-0.2, 0) is 7.05 Å². The number of rotatable bonds is 5. The topological polar surface area (TPSA) is 70.1 Å². The first-order valence-corrected chi connectivity index (χ1v) is 9.19. The Bertz CT molecular complexity index is 1030. The van der Waals surface area contributed by atoms with E-state index in [9.17, 15) is 4.79 Å². The molecule has 0 aliphatic heterocycles. The zero-order chi connectivity index (χ0) is 19.0. The Balaban J connectivity index is 2.14. The molecule has 0 saturated carbocycles. The number of nitrogens with two attached hydrogens (primary N) is 1. The first kappa shape index (κ1) is 19.0. The van der Waals surface area contributed by atoms with Gasteiger partial charge in [0.25, 0.3) is 5.56 Å². The molecule has 1 aromatic carbocycles. The van der Waals surface area contributed by atoms with Crippen LogP contribution < -0.4 is 16.0 Å². The number of hydrogen-bond acceptors (Lipinski definition) is 4. The van der Waals surface area contributed by atoms with Gasteiger partial charge in [-0.2, -0.15) is 0 Å². The standard InChI is InChI=1S/C19H21Cl2N3O2/c1-10(2)6-11(22)9-26-18-15(20)7-13-12-4-5-23-8-14(12)19(25)24(3)17(13)16(18)21/h4-5,7-8,10-11H,6,9,22H2,1-3H3/t11-/m0/s1. The Morgan fingerprint density at radius 3 is 2.69 bits per heavy atom. The number of halogens is 2. The van der Waals surface area contributed by atoms with Crippen LogP contribution in [0.15, 0.2) is 29.3 Å². The van der Waals surface area contributed by atoms with Crippen molar-refractivity contribution in [3.05, 3.63) is 44.9 Å². The average Bonchev–Trinajstić information content (AvgIpc) is 2.58. The molecule has 0 fully saturated rings. The SMILES string of the molecule is CC(C)C[C@H](N)COc1c(Cl)cc2c3ccncc3c(=O)n(C)c2c1Cl. The quantitative estimate of drug-likeness (QED) is 0.661. The molecule has 0 radical (unpaired) electrons. The van der Waals surface area contributed by atoms with Crippen LogP contribution in [0.25, 0.3) is 21.7 Å². The Morgan fingerprint density at radius 2 is 2.00 bits per heavy atom. The van der Waals surface area contributed by atoms with Crippen LogP contribution in [0.3, 0.4) is 0 Å². The van der Waals surface area contributed by atoms with E-state index in [1.54, 1.807) is 31.6 Å². The summed E-state index contributed by atoms with van der Waals surface area (Å²) in [4.78, 5) is 16.7. The Hall–Kier alpha value is -1.82. The molecule has 1 atom stereocenters. The second kappa shape index (κ2) is 7.43. The fourth-order valence-electron chi connectivity index (χ4n) is 3.20. The van der Waals surface area contributed by atoms with Gasteiger partial charge in [-0.15, -0.1) is 0 Å². The number of aryl methyl sites for hydroxylation is 1. The zero-order valence-electron chi connectivity index (χ0n) is 14.9. The third kappa shape index (κ3) is 3.39. The molecule has 138 valence electrons. The molecule has 0 saturated heterocycles. The van der Waals surface area contributed by atoms with Gasteiger partial charge in [0, 0.05) is 30.9 Å². The average molecular weight is 394 g/mol. The highest BCUT2D eigenvalue weighted by atomic mass is 35.5. The first-order valence-electron chi connectivity index (χ1n) is 8.44. The van der Waals surface area contributed by atoms with Gasteiger partial charge in [-0.3, -0.25) is 9.78 Å². The van der Waals surface area contributed by atoms with E-state index in [4.69, 9.17) is 33.7 Å². The predicted molar refractivity (Wildman–Crippen MR) is 107 cm³/mol. The van der Waals surface area contributed by atoms with Crippen LogP contribution in [0, 0.1) is 5.92 Å². The van der Waals surface area contributed by atoms with Crippen molar-refractivity contribution >= 4 is 44.9 Å². The molecule has 26 heavy (non-hydrogen) atoms. The summed E-state index contributed by atoms with van der Waals surface area (Å²) >= 11 is 13.0. The van der Waals surface area contributed by atoms with Gasteiger partial charge in [0.15, 0.2) is 5.75 Å². The molecule has 2 aromatic heterocycles. The summed E-state index contributed by atoms with van der Waals surface area (Å²) in [6.45, 7) is 4.51. The molecule has 3 aromatic rings. The van der Waals surface area contributed by atoms with Crippen molar-refractivity contribution in [2.24, 2.45) is 18.7 Å². The number of aromatic nitrogens is 2. The van der Waals surface area contributed by atoms with Crippen molar-refractivity contribution in [1.29, 1.82) is 0 Å². The van der Waals surface area contributed by atoms with Crippen LogP contribution in [0.1, 0.15) is 20.3 Å². The lowest BCUT2D eigenvalue weighted by atomic mass is 10.1. The highest BCUT2D eigenvalue weighted by molar-refractivity contribution is 6.41. The minimum atomic E-state index is -0.174. The van der Waals surface area contributed by atoms with E-state index >= 15 is 0 Å². The lowest BCUT2D eigenvalue weighted by Gasteiger charge is -2.18. The maximum absolute atomic E-state index is 12.6. The van der Waals surface area contributed by atoms with Gasteiger partial charge >= 0.3 is 0 Å². The van der Waals surface area contributed by atoms with Crippen LogP contribution in [0.5, 0.6) is 5.75 Å². The number of benzene rings is 1. The van der Waals surface area contributed by atoms with E-state index in [0.717, 1.165) is 17.2 Å². The van der Waals surface area contributed by atoms with Crippen molar-refractivity contribution in [2.45, 2.75) is 26.3 Å². The largest absolute Gasteiger partial charge is 0.489 e. The molecule has 5 nitrogen and oxygen atoms in total. The number of fused-ring (bicyclic) bond motifs is 3. The molecule has 0 unspecified atom stereocenters. The van der Waals surface area contributed by atoms with Gasteiger partial charge in [0.1, 0.15) is 11.6 Å². The summed E-state index contributed by atoms with van der Waals surface area (Å²) in [5.41, 5.74) is 6.49. The Morgan fingerprint density at radius 1 is 1.27 bits per heavy atom. The molecule has 2 N–H and O–H groups in total. The summed E-state index contributed by atoms with van der Waals surface area (Å²) in [6.07, 6.45) is 4.02. The van der Waals surface area contributed by atoms with Crippen molar-refractivity contribution in [1.82, 2.24) is 9.55 Å². The number of nitrogens with zero attached hydrogens (tertiary/aromatic N) is 2. The van der Waals surface area contributed by atoms with Crippen molar-refractivity contribution in [3.8, 4) is 5.75 Å². The molecular weight excluding hydrogens is 373 g/mol. The Kier molecular flexibility index (Phi) is 5.42. The predicted octanol–water partition coefficient (Wildman–Crippen LogP) is 4.15. The van der Waals surface area contributed by atoms with Crippen LogP contribution in [0.2, 0.25) is 10.0 Å². The van der Waals surface area contributed by atoms with Gasteiger partial charge in [0.2, 0.25) is 0 Å². The second-order valence-electron chi connectivity index (χ2n) is 6.88. The lowest BCUT2D eigenvalue weighted by molar-refractivity contribution is 0.271. The normalized spacial score (nSPS) is 12.9. The lowest BCUT2D eigenvalue weighted by Crippen LogP contribution is -2.29. The minimum Gasteiger partial charge on any atom is -0.489 e. The summed E-state index contributed by atoms with van der Waals surface area (Å²) in [5.74, 6) is 0.820. The fourth-order valence-corrected chi connectivity index (χ4v) is 3.89. The van der Waals surface area contributed by atoms with Gasteiger partial charge in [-0.1, -0.05) is 37.0 Å². The van der Waals surface area contributed by atoms with E-state index < -0.39 is 0 Å². The number of ether oxygens (including phenoxy) is 1. The summed E-state index contributed by atoms with van der Waals surface area (Å²) in [7, 11) is 1.67. The van der Waals surface area contributed by atoms with Crippen LogP contribution >= 0.6 is 23.2 Å². The molecule has 7 heteroatoms. The second-order valence-corrected chi connectivity index (χ2v) is 7.67. The van der Waals surface area contributed by atoms with Gasteiger partial charge in [0.05, 0.1) is 15.9 Å². The Labute approximate surface area is 161 Å². The molecule has 3 rings (SSSR count). The van der Waals surface area contributed by atoms with Gasteiger partial charge in [-0.25, -0.2) is 0 Å². The van der Waals surface area contributed by atoms with Crippen LogP contribution in [0.4, 0.5) is 0 Å². The van der Waals surface area contributed by atoms with E-state index in [1.165, 1.54) is 4.57 Å². The van der Waals surface area contributed by atoms with Crippen molar-refractivity contribution < 1.29 is 4.74 Å². The summed E-state index contributed by atoms with van der Waals surface area (Å²) in [5, 5.41) is 2.74. The van der Waals surface area contributed by atoms with E-state index in [-0.39, 0.29) is 11.6 Å².